The molecule has 0 saturated carbocycles. The number of thiophene rings is 1. The maximum atomic E-state index is 12.9. The Labute approximate surface area is 195 Å². The second-order valence-corrected chi connectivity index (χ2v) is 8.62. The summed E-state index contributed by atoms with van der Waals surface area (Å²) < 4.78 is 44.0. The molecule has 3 heterocycles. The van der Waals surface area contributed by atoms with E-state index in [-0.39, 0.29) is 31.1 Å². The monoisotopic (exact) mass is 495 g/mol. The Morgan fingerprint density at radius 3 is 2.62 bits per heavy atom. The van der Waals surface area contributed by atoms with Gasteiger partial charge < -0.3 is 14.3 Å². The third-order valence-electron chi connectivity index (χ3n) is 5.46. The molecule has 13 heteroatoms. The fourth-order valence-electron chi connectivity index (χ4n) is 3.72. The number of amides is 1. The van der Waals surface area contributed by atoms with Crippen molar-refractivity contribution in [1.82, 2.24) is 15.0 Å². The molecule has 1 saturated heterocycles. The van der Waals surface area contributed by atoms with Gasteiger partial charge in [-0.3, -0.25) is 14.9 Å². The molecule has 0 bridgehead atoms. The van der Waals surface area contributed by atoms with Crippen molar-refractivity contribution in [3.63, 3.8) is 0 Å². The summed E-state index contributed by atoms with van der Waals surface area (Å²) in [6.45, 7) is 1.21. The molecule has 0 unspecified atom stereocenters. The number of rotatable bonds is 7. The number of piperazine rings is 1. The SMILES string of the molecule is O=C(CCCc1nc(-c2cccs2)no1)N1CCN(c2ccc(C(F)(F)F)cc2[N+](=O)[O-])CC1. The van der Waals surface area contributed by atoms with E-state index in [1.165, 1.54) is 11.3 Å². The van der Waals surface area contributed by atoms with Gasteiger partial charge in [0.15, 0.2) is 0 Å². The molecular weight excluding hydrogens is 475 g/mol. The van der Waals surface area contributed by atoms with Gasteiger partial charge in [0, 0.05) is 45.1 Å². The highest BCUT2D eigenvalue weighted by Crippen LogP contribution is 2.36. The molecule has 2 aromatic heterocycles. The molecule has 9 nitrogen and oxygen atoms in total. The summed E-state index contributed by atoms with van der Waals surface area (Å²) in [7, 11) is 0. The predicted octanol–water partition coefficient (Wildman–Crippen LogP) is 4.40. The Bertz CT molecular complexity index is 1160. The van der Waals surface area contributed by atoms with Crippen LogP contribution < -0.4 is 4.90 Å². The summed E-state index contributed by atoms with van der Waals surface area (Å²) in [5, 5.41) is 17.2. The van der Waals surface area contributed by atoms with E-state index in [0.717, 1.165) is 17.0 Å². The molecular formula is C21H20F3N5O4S. The lowest BCUT2D eigenvalue weighted by Crippen LogP contribution is -2.48. The largest absolute Gasteiger partial charge is 0.416 e. The fraction of sp³-hybridized carbons (Fsp3) is 0.381. The normalized spacial score (nSPS) is 14.4. The third kappa shape index (κ3) is 5.35. The number of aromatic nitrogens is 2. The first-order chi connectivity index (χ1) is 16.2. The van der Waals surface area contributed by atoms with E-state index in [1.54, 1.807) is 9.80 Å². The van der Waals surface area contributed by atoms with E-state index in [0.29, 0.717) is 43.7 Å². The van der Waals surface area contributed by atoms with Gasteiger partial charge in [-0.2, -0.15) is 18.2 Å². The van der Waals surface area contributed by atoms with Crippen LogP contribution in [0.15, 0.2) is 40.2 Å². The predicted molar refractivity (Wildman–Crippen MR) is 117 cm³/mol. The number of nitrogens with zero attached hydrogens (tertiary/aromatic N) is 5. The first-order valence-corrected chi connectivity index (χ1v) is 11.3. The highest BCUT2D eigenvalue weighted by atomic mass is 32.1. The summed E-state index contributed by atoms with van der Waals surface area (Å²) in [6, 6.07) is 6.29. The van der Waals surface area contributed by atoms with Crippen LogP contribution in [0.4, 0.5) is 24.5 Å². The smallest absolute Gasteiger partial charge is 0.362 e. The Balaban J connectivity index is 1.29. The van der Waals surface area contributed by atoms with Gasteiger partial charge in [-0.15, -0.1) is 11.3 Å². The summed E-state index contributed by atoms with van der Waals surface area (Å²) >= 11 is 1.50. The minimum absolute atomic E-state index is 0.0698. The van der Waals surface area contributed by atoms with Gasteiger partial charge in [0.05, 0.1) is 15.4 Å². The van der Waals surface area contributed by atoms with E-state index < -0.39 is 22.4 Å². The van der Waals surface area contributed by atoms with E-state index in [1.807, 2.05) is 17.5 Å². The number of alkyl halides is 3. The zero-order valence-corrected chi connectivity index (χ0v) is 18.6. The topological polar surface area (TPSA) is 106 Å². The second-order valence-electron chi connectivity index (χ2n) is 7.67. The number of hydrogen-bond donors (Lipinski definition) is 0. The molecule has 180 valence electrons. The summed E-state index contributed by atoms with van der Waals surface area (Å²) in [5.41, 5.74) is -1.56. The lowest BCUT2D eigenvalue weighted by Gasteiger charge is -2.36. The molecule has 3 aromatic rings. The van der Waals surface area contributed by atoms with Crippen LogP contribution in [0.2, 0.25) is 0 Å². The lowest BCUT2D eigenvalue weighted by molar-refractivity contribution is -0.384. The van der Waals surface area contributed by atoms with E-state index >= 15 is 0 Å². The maximum absolute atomic E-state index is 12.9. The minimum Gasteiger partial charge on any atom is -0.362 e. The molecule has 0 aliphatic carbocycles. The molecule has 1 amide bonds. The molecule has 1 fully saturated rings. The zero-order valence-electron chi connectivity index (χ0n) is 17.8. The number of aryl methyl sites for hydroxylation is 1. The minimum atomic E-state index is -4.67. The molecule has 0 radical (unpaired) electrons. The van der Waals surface area contributed by atoms with Gasteiger partial charge in [0.25, 0.3) is 5.69 Å². The lowest BCUT2D eigenvalue weighted by atomic mass is 10.1. The number of benzene rings is 1. The van der Waals surface area contributed by atoms with Crippen LogP contribution in [0.25, 0.3) is 10.7 Å². The summed E-state index contributed by atoms with van der Waals surface area (Å²) in [6.07, 6.45) is -3.41. The highest BCUT2D eigenvalue weighted by molar-refractivity contribution is 7.13. The van der Waals surface area contributed by atoms with Crippen molar-refractivity contribution in [1.29, 1.82) is 0 Å². The standard InChI is InChI=1S/C21H20F3N5O4S/c22-21(23,24)14-6-7-15(16(13-14)29(31)32)27-8-10-28(11-9-27)19(30)5-1-4-18-25-20(26-33-18)17-3-2-12-34-17/h2-3,6-7,12-13H,1,4-5,8-11H2. The van der Waals surface area contributed by atoms with Crippen molar-refractivity contribution in [2.24, 2.45) is 0 Å². The molecule has 0 atom stereocenters. The summed E-state index contributed by atoms with van der Waals surface area (Å²) in [5.74, 6) is 0.903. The maximum Gasteiger partial charge on any atom is 0.416 e. The van der Waals surface area contributed by atoms with Gasteiger partial charge >= 0.3 is 6.18 Å². The van der Waals surface area contributed by atoms with Gasteiger partial charge in [-0.05, 0) is 30.0 Å². The molecule has 1 aliphatic heterocycles. The fourth-order valence-corrected chi connectivity index (χ4v) is 4.37. The third-order valence-corrected chi connectivity index (χ3v) is 6.33. The molecule has 1 aliphatic rings. The van der Waals surface area contributed by atoms with Gasteiger partial charge in [-0.25, -0.2) is 0 Å². The van der Waals surface area contributed by atoms with Crippen molar-refractivity contribution in [3.8, 4) is 10.7 Å². The quantitative estimate of drug-likeness (QED) is 0.353. The van der Waals surface area contributed by atoms with Crippen LogP contribution in [-0.4, -0.2) is 52.1 Å². The Morgan fingerprint density at radius 1 is 1.21 bits per heavy atom. The average Bonchev–Trinajstić information content (AvgIpc) is 3.50. The van der Waals surface area contributed by atoms with Crippen molar-refractivity contribution < 1.29 is 27.4 Å². The van der Waals surface area contributed by atoms with Gasteiger partial charge in [0.2, 0.25) is 17.6 Å². The van der Waals surface area contributed by atoms with E-state index in [4.69, 9.17) is 4.52 Å². The van der Waals surface area contributed by atoms with Crippen molar-refractivity contribution in [2.45, 2.75) is 25.4 Å². The number of halogens is 3. The summed E-state index contributed by atoms with van der Waals surface area (Å²) in [4.78, 5) is 31.6. The van der Waals surface area contributed by atoms with Crippen LogP contribution in [0.5, 0.6) is 0 Å². The van der Waals surface area contributed by atoms with Crippen LogP contribution in [-0.2, 0) is 17.4 Å². The Morgan fingerprint density at radius 2 is 1.97 bits per heavy atom. The van der Waals surface area contributed by atoms with Crippen LogP contribution in [0, 0.1) is 10.1 Å². The van der Waals surface area contributed by atoms with Crippen molar-refractivity contribution >= 4 is 28.6 Å². The zero-order chi connectivity index (χ0) is 24.3. The Hall–Kier alpha value is -3.48. The molecule has 4 rings (SSSR count). The van der Waals surface area contributed by atoms with Gasteiger partial charge in [-0.1, -0.05) is 11.2 Å². The Kier molecular flexibility index (Phi) is 6.82. The van der Waals surface area contributed by atoms with Crippen LogP contribution in [0.3, 0.4) is 0 Å². The van der Waals surface area contributed by atoms with Crippen LogP contribution >= 0.6 is 11.3 Å². The molecule has 34 heavy (non-hydrogen) atoms. The van der Waals surface area contributed by atoms with Gasteiger partial charge in [0.1, 0.15) is 5.69 Å². The first kappa shape index (κ1) is 23.7. The number of nitro benzene ring substituents is 1. The molecule has 1 aromatic carbocycles. The first-order valence-electron chi connectivity index (χ1n) is 10.5. The molecule has 0 spiro atoms. The van der Waals surface area contributed by atoms with E-state index in [2.05, 4.69) is 10.1 Å². The van der Waals surface area contributed by atoms with Crippen molar-refractivity contribution in [2.75, 3.05) is 31.1 Å². The average molecular weight is 495 g/mol. The number of carbonyl (C=O) groups excluding carboxylic acids is 1. The van der Waals surface area contributed by atoms with E-state index in [9.17, 15) is 28.1 Å². The molecule has 0 N–H and O–H groups in total. The van der Waals surface area contributed by atoms with Crippen molar-refractivity contribution in [3.05, 3.63) is 57.3 Å². The van der Waals surface area contributed by atoms with Crippen LogP contribution in [0.1, 0.15) is 24.3 Å². The number of nitro groups is 1. The highest BCUT2D eigenvalue weighted by Gasteiger charge is 2.34. The second kappa shape index (κ2) is 9.79. The number of anilines is 1. The number of hydrogen-bond acceptors (Lipinski definition) is 8. The number of carbonyl (C=O) groups is 1.